The van der Waals surface area contributed by atoms with Crippen LogP contribution in [0.2, 0.25) is 5.02 Å². The van der Waals surface area contributed by atoms with Crippen LogP contribution < -0.4 is 15.6 Å². The fourth-order valence-corrected chi connectivity index (χ4v) is 5.13. The number of nitrogens with one attached hydrogen (secondary N) is 2. The molecule has 4 atom stereocenters. The molecule has 0 radical (unpaired) electrons. The van der Waals surface area contributed by atoms with Crippen molar-refractivity contribution >= 4 is 17.5 Å². The number of hydrogen-bond acceptors (Lipinski definition) is 6. The quantitative estimate of drug-likeness (QED) is 0.534. The van der Waals surface area contributed by atoms with Crippen molar-refractivity contribution < 1.29 is 14.6 Å². The Bertz CT molecular complexity index is 1170. The summed E-state index contributed by atoms with van der Waals surface area (Å²) in [6, 6.07) is 14.1. The largest absolute Gasteiger partial charge is 0.508 e. The summed E-state index contributed by atoms with van der Waals surface area (Å²) in [5.74, 6) is 0.730. The van der Waals surface area contributed by atoms with Crippen LogP contribution in [-0.4, -0.2) is 34.0 Å². The lowest BCUT2D eigenvalue weighted by atomic mass is 9.83. The van der Waals surface area contributed by atoms with Gasteiger partial charge in [0.05, 0.1) is 19.2 Å². The highest BCUT2D eigenvalue weighted by Gasteiger charge is 2.55. The minimum atomic E-state index is -0.446. The third kappa shape index (κ3) is 3.82. The Morgan fingerprint density at radius 1 is 1.15 bits per heavy atom. The predicted molar refractivity (Wildman–Crippen MR) is 125 cm³/mol. The highest BCUT2D eigenvalue weighted by atomic mass is 35.5. The Hall–Kier alpha value is -3.13. The zero-order chi connectivity index (χ0) is 23.1. The molecule has 170 valence electrons. The van der Waals surface area contributed by atoms with Crippen LogP contribution in [0.25, 0.3) is 0 Å². The molecule has 0 aliphatic carbocycles. The van der Waals surface area contributed by atoms with Crippen LogP contribution in [-0.2, 0) is 11.3 Å². The van der Waals surface area contributed by atoms with Crippen LogP contribution in [0.5, 0.6) is 11.5 Å². The van der Waals surface area contributed by atoms with Crippen LogP contribution >= 0.6 is 11.6 Å². The average Bonchev–Trinajstić information content (AvgIpc) is 3.36. The van der Waals surface area contributed by atoms with Gasteiger partial charge in [-0.05, 0) is 53.9 Å². The van der Waals surface area contributed by atoms with Gasteiger partial charge in [-0.2, -0.15) is 0 Å². The molecule has 2 aromatic carbocycles. The molecule has 0 saturated carbocycles. The number of ether oxygens (including phenoxy) is 1. The molecule has 4 unspecified atom stereocenters. The summed E-state index contributed by atoms with van der Waals surface area (Å²) < 4.78 is 5.33. The van der Waals surface area contributed by atoms with E-state index in [2.05, 4.69) is 15.8 Å². The lowest BCUT2D eigenvalue weighted by Gasteiger charge is -2.31. The Morgan fingerprint density at radius 2 is 1.91 bits per heavy atom. The van der Waals surface area contributed by atoms with Crippen LogP contribution in [0, 0.1) is 12.8 Å². The molecule has 2 aliphatic rings. The van der Waals surface area contributed by atoms with Gasteiger partial charge in [-0.1, -0.05) is 29.8 Å². The van der Waals surface area contributed by atoms with E-state index in [1.807, 2.05) is 48.2 Å². The molecule has 1 aromatic heterocycles. The standard InChI is InChI=1S/C25H25ClN4O3/c1-14-10-20(31)18(11-19(14)26)22-21-23(29-28-22)25(32)30(13-15-4-3-9-27-12-15)24(21)16-5-7-17(33-2)8-6-16/h3-12,21-24,28-29,31H,13H2,1-2H3. The fraction of sp³-hybridized carbons (Fsp3) is 0.280. The number of phenols is 1. The van der Waals surface area contributed by atoms with E-state index in [-0.39, 0.29) is 29.7 Å². The van der Waals surface area contributed by atoms with Crippen molar-refractivity contribution in [1.29, 1.82) is 0 Å². The maximum Gasteiger partial charge on any atom is 0.242 e. The van der Waals surface area contributed by atoms with E-state index in [1.54, 1.807) is 31.6 Å². The number of hydrogen-bond donors (Lipinski definition) is 3. The van der Waals surface area contributed by atoms with E-state index in [1.165, 1.54) is 0 Å². The van der Waals surface area contributed by atoms with Crippen molar-refractivity contribution in [2.24, 2.45) is 5.92 Å². The first-order valence-electron chi connectivity index (χ1n) is 10.8. The Balaban J connectivity index is 1.58. The van der Waals surface area contributed by atoms with Crippen molar-refractivity contribution in [3.63, 3.8) is 0 Å². The number of rotatable bonds is 5. The zero-order valence-electron chi connectivity index (χ0n) is 18.3. The van der Waals surface area contributed by atoms with Crippen LogP contribution in [0.1, 0.15) is 34.3 Å². The number of aromatic nitrogens is 1. The lowest BCUT2D eigenvalue weighted by Crippen LogP contribution is -2.41. The van der Waals surface area contributed by atoms with Gasteiger partial charge in [0.25, 0.3) is 0 Å². The first-order chi connectivity index (χ1) is 16.0. The van der Waals surface area contributed by atoms with Gasteiger partial charge in [-0.3, -0.25) is 9.78 Å². The first kappa shape index (κ1) is 21.7. The van der Waals surface area contributed by atoms with Gasteiger partial charge >= 0.3 is 0 Å². The number of hydrazine groups is 1. The maximum absolute atomic E-state index is 13.6. The monoisotopic (exact) mass is 464 g/mol. The third-order valence-corrected chi connectivity index (χ3v) is 7.00. The lowest BCUT2D eigenvalue weighted by molar-refractivity contribution is -0.131. The normalized spacial score (nSPS) is 24.2. The SMILES string of the molecule is COc1ccc(C2C3C(NNC3c3cc(Cl)c(C)cc3O)C(=O)N2Cc2cccnc2)cc1. The maximum atomic E-state index is 13.6. The predicted octanol–water partition coefficient (Wildman–Crippen LogP) is 3.68. The van der Waals surface area contributed by atoms with Gasteiger partial charge in [-0.25, -0.2) is 10.9 Å². The van der Waals surface area contributed by atoms with Crippen molar-refractivity contribution in [3.8, 4) is 11.5 Å². The number of halogens is 1. The molecule has 8 heteroatoms. The fourth-order valence-electron chi connectivity index (χ4n) is 4.96. The van der Waals surface area contributed by atoms with E-state index < -0.39 is 6.04 Å². The van der Waals surface area contributed by atoms with E-state index >= 15 is 0 Å². The number of aromatic hydroxyl groups is 1. The molecule has 0 bridgehead atoms. The number of benzene rings is 2. The first-order valence-corrected chi connectivity index (χ1v) is 11.2. The molecule has 3 N–H and O–H groups in total. The van der Waals surface area contributed by atoms with Crippen LogP contribution in [0.15, 0.2) is 60.9 Å². The van der Waals surface area contributed by atoms with Gasteiger partial charge in [0.15, 0.2) is 0 Å². The Labute approximate surface area is 197 Å². The molecule has 1 amide bonds. The number of carbonyl (C=O) groups excluding carboxylic acids is 1. The second-order valence-corrected chi connectivity index (χ2v) is 8.93. The molecular formula is C25H25ClN4O3. The number of carbonyl (C=O) groups is 1. The Morgan fingerprint density at radius 3 is 2.61 bits per heavy atom. The summed E-state index contributed by atoms with van der Waals surface area (Å²) >= 11 is 6.40. The summed E-state index contributed by atoms with van der Waals surface area (Å²) in [7, 11) is 1.63. The van der Waals surface area contributed by atoms with Gasteiger partial charge < -0.3 is 14.7 Å². The number of pyridine rings is 1. The number of methoxy groups -OCH3 is 1. The zero-order valence-corrected chi connectivity index (χ0v) is 19.1. The number of phenolic OH excluding ortho intramolecular Hbond substituents is 1. The second kappa shape index (κ2) is 8.67. The number of aryl methyl sites for hydroxylation is 1. The van der Waals surface area contributed by atoms with Crippen molar-refractivity contribution in [1.82, 2.24) is 20.7 Å². The minimum Gasteiger partial charge on any atom is -0.508 e. The summed E-state index contributed by atoms with van der Waals surface area (Å²) in [5, 5.41) is 11.3. The van der Waals surface area contributed by atoms with Crippen molar-refractivity contribution in [2.45, 2.75) is 31.6 Å². The average molecular weight is 465 g/mol. The van der Waals surface area contributed by atoms with Crippen LogP contribution in [0.4, 0.5) is 0 Å². The van der Waals surface area contributed by atoms with Gasteiger partial charge in [0.1, 0.15) is 17.5 Å². The second-order valence-electron chi connectivity index (χ2n) is 8.53. The molecule has 0 spiro atoms. The number of amides is 1. The van der Waals surface area contributed by atoms with E-state index in [4.69, 9.17) is 16.3 Å². The highest BCUT2D eigenvalue weighted by molar-refractivity contribution is 6.31. The molecule has 2 saturated heterocycles. The molecular weight excluding hydrogens is 440 g/mol. The molecule has 3 heterocycles. The Kier molecular flexibility index (Phi) is 5.70. The molecule has 2 aliphatic heterocycles. The van der Waals surface area contributed by atoms with E-state index in [0.717, 1.165) is 22.4 Å². The molecule has 33 heavy (non-hydrogen) atoms. The summed E-state index contributed by atoms with van der Waals surface area (Å²) in [4.78, 5) is 19.7. The van der Waals surface area contributed by atoms with E-state index in [9.17, 15) is 9.90 Å². The smallest absolute Gasteiger partial charge is 0.242 e. The molecule has 3 aromatic rings. The minimum absolute atomic E-state index is 0.00244. The molecule has 7 nitrogen and oxygen atoms in total. The highest BCUT2D eigenvalue weighted by Crippen LogP contribution is 2.49. The number of nitrogens with zero attached hydrogens (tertiary/aromatic N) is 2. The summed E-state index contributed by atoms with van der Waals surface area (Å²) in [6.45, 7) is 2.29. The van der Waals surface area contributed by atoms with Gasteiger partial charge in [0, 0.05) is 35.4 Å². The topological polar surface area (TPSA) is 86.7 Å². The van der Waals surface area contributed by atoms with Crippen LogP contribution in [0.3, 0.4) is 0 Å². The van der Waals surface area contributed by atoms with Crippen molar-refractivity contribution in [2.75, 3.05) is 7.11 Å². The molecule has 2 fully saturated rings. The van der Waals surface area contributed by atoms with Gasteiger partial charge in [0.2, 0.25) is 5.91 Å². The van der Waals surface area contributed by atoms with E-state index in [0.29, 0.717) is 17.1 Å². The summed E-state index contributed by atoms with van der Waals surface area (Å²) in [6.07, 6.45) is 3.50. The number of fused-ring (bicyclic) bond motifs is 1. The van der Waals surface area contributed by atoms with Crippen molar-refractivity contribution in [3.05, 3.63) is 88.2 Å². The molecule has 5 rings (SSSR count). The number of likely N-dealkylation sites (tertiary alicyclic amines) is 1. The third-order valence-electron chi connectivity index (χ3n) is 6.59. The van der Waals surface area contributed by atoms with Gasteiger partial charge in [-0.15, -0.1) is 0 Å². The summed E-state index contributed by atoms with van der Waals surface area (Å²) in [5.41, 5.74) is 9.84.